The number of nitrogens with one attached hydrogen (secondary N) is 2. The zero-order chi connectivity index (χ0) is 14.8. The van der Waals surface area contributed by atoms with Gasteiger partial charge in [-0.25, -0.2) is 0 Å². The third-order valence-electron chi connectivity index (χ3n) is 3.37. The third kappa shape index (κ3) is 6.44. The standard InChI is InChI=1S/2C6H10N2O2.Pd/c2*9-7-5-3-1-2-4-6(5)8-10;/h2*7,9H,1-4H2;. The average Bonchev–Trinajstić information content (AvgIpc) is 2.55. The van der Waals surface area contributed by atoms with Gasteiger partial charge in [0.15, 0.2) is 0 Å². The fraction of sp³-hybridized carbons (Fsp3) is 0.667. The van der Waals surface area contributed by atoms with Crippen LogP contribution in [0.15, 0.2) is 33.1 Å². The van der Waals surface area contributed by atoms with Crippen molar-refractivity contribution >= 4 is 0 Å². The van der Waals surface area contributed by atoms with Crippen molar-refractivity contribution in [3.63, 3.8) is 0 Å². The van der Waals surface area contributed by atoms with Crippen molar-refractivity contribution in [1.29, 1.82) is 0 Å². The van der Waals surface area contributed by atoms with Gasteiger partial charge in [0, 0.05) is 20.4 Å². The summed E-state index contributed by atoms with van der Waals surface area (Å²) in [6.45, 7) is 0. The van der Waals surface area contributed by atoms with Gasteiger partial charge in [0.2, 0.25) is 0 Å². The maximum absolute atomic E-state index is 10.1. The Morgan fingerprint density at radius 2 is 1.05 bits per heavy atom. The van der Waals surface area contributed by atoms with Crippen molar-refractivity contribution < 1.29 is 30.8 Å². The van der Waals surface area contributed by atoms with Gasteiger partial charge < -0.3 is 0 Å². The first-order valence-corrected chi connectivity index (χ1v) is 6.67. The van der Waals surface area contributed by atoms with Gasteiger partial charge in [0.25, 0.3) is 0 Å². The van der Waals surface area contributed by atoms with Gasteiger partial charge in [0.05, 0.1) is 11.4 Å². The molecule has 2 rings (SSSR count). The van der Waals surface area contributed by atoms with Crippen LogP contribution in [0.2, 0.25) is 0 Å². The van der Waals surface area contributed by atoms with Crippen LogP contribution in [0.3, 0.4) is 0 Å². The van der Waals surface area contributed by atoms with Crippen molar-refractivity contribution in [2.24, 2.45) is 10.4 Å². The Morgan fingerprint density at radius 1 is 0.714 bits per heavy atom. The molecule has 0 spiro atoms. The van der Waals surface area contributed by atoms with Crippen LogP contribution in [0.4, 0.5) is 0 Å². The zero-order valence-corrected chi connectivity index (χ0v) is 13.1. The molecule has 0 heterocycles. The Morgan fingerprint density at radius 3 is 1.29 bits per heavy atom. The molecular weight excluding hydrogens is 371 g/mol. The molecule has 122 valence electrons. The molecule has 0 aromatic carbocycles. The molecule has 8 nitrogen and oxygen atoms in total. The first kappa shape index (κ1) is 19.9. The summed E-state index contributed by atoms with van der Waals surface area (Å²) in [6.07, 6.45) is 6.86. The number of hydrogen-bond acceptors (Lipinski definition) is 8. The van der Waals surface area contributed by atoms with E-state index in [0.717, 1.165) is 38.5 Å². The molecule has 0 radical (unpaired) electrons. The van der Waals surface area contributed by atoms with Crippen molar-refractivity contribution in [2.45, 2.75) is 51.4 Å². The van der Waals surface area contributed by atoms with Gasteiger partial charge in [-0.3, -0.25) is 21.4 Å². The molecule has 0 amide bonds. The van der Waals surface area contributed by atoms with Crippen LogP contribution in [0.1, 0.15) is 51.4 Å². The monoisotopic (exact) mass is 390 g/mol. The molecule has 2 aliphatic carbocycles. The Kier molecular flexibility index (Phi) is 10.9. The van der Waals surface area contributed by atoms with Crippen LogP contribution < -0.4 is 11.0 Å². The Balaban J connectivity index is 0.000000364. The number of nitroso groups, excluding NO2 is 2. The summed E-state index contributed by atoms with van der Waals surface area (Å²) in [5.74, 6) is 0. The summed E-state index contributed by atoms with van der Waals surface area (Å²) in [5.41, 5.74) is 6.08. The van der Waals surface area contributed by atoms with Crippen LogP contribution >= 0.6 is 0 Å². The third-order valence-corrected chi connectivity index (χ3v) is 3.37. The molecule has 9 heteroatoms. The minimum absolute atomic E-state index is 0. The number of rotatable bonds is 4. The van der Waals surface area contributed by atoms with Crippen LogP contribution in [-0.4, -0.2) is 10.4 Å². The second-order valence-corrected chi connectivity index (χ2v) is 4.67. The van der Waals surface area contributed by atoms with Crippen LogP contribution in [0.25, 0.3) is 0 Å². The number of allylic oxidation sites excluding steroid dienone is 4. The Labute approximate surface area is 136 Å². The van der Waals surface area contributed by atoms with E-state index in [1.165, 1.54) is 0 Å². The van der Waals surface area contributed by atoms with Crippen molar-refractivity contribution in [1.82, 2.24) is 11.0 Å². The summed E-state index contributed by atoms with van der Waals surface area (Å²) < 4.78 is 0. The molecule has 4 N–H and O–H groups in total. The predicted molar refractivity (Wildman–Crippen MR) is 72.4 cm³/mol. The average molecular weight is 391 g/mol. The summed E-state index contributed by atoms with van der Waals surface area (Å²) in [7, 11) is 0. The molecule has 0 saturated heterocycles. The summed E-state index contributed by atoms with van der Waals surface area (Å²) in [5, 5.41) is 22.6. The number of nitrogens with zero attached hydrogens (tertiary/aromatic N) is 2. The molecule has 0 aliphatic heterocycles. The Bertz CT molecular complexity index is 374. The fourth-order valence-corrected chi connectivity index (χ4v) is 2.22. The van der Waals surface area contributed by atoms with E-state index in [1.807, 2.05) is 11.0 Å². The SMILES string of the molecule is O=NC1=C(NO)CCCC1.O=NC1=C(NO)CCCC1.[Pd]. The van der Waals surface area contributed by atoms with Crippen LogP contribution in [-0.2, 0) is 20.4 Å². The number of hydroxylamine groups is 2. The predicted octanol–water partition coefficient (Wildman–Crippen LogP) is 3.03. The maximum Gasteiger partial charge on any atom is 0.106 e. The molecule has 0 aromatic rings. The Hall–Kier alpha value is -1.14. The first-order chi connectivity index (χ1) is 9.76. The summed E-state index contributed by atoms with van der Waals surface area (Å²) in [6, 6.07) is 0. The van der Waals surface area contributed by atoms with Gasteiger partial charge in [-0.1, -0.05) is 0 Å². The zero-order valence-electron chi connectivity index (χ0n) is 11.6. The molecule has 0 unspecified atom stereocenters. The molecule has 0 fully saturated rings. The van der Waals surface area contributed by atoms with Gasteiger partial charge in [-0.05, 0) is 61.7 Å². The van der Waals surface area contributed by atoms with E-state index < -0.39 is 0 Å². The second kappa shape index (κ2) is 11.5. The normalized spacial score (nSPS) is 18.0. The topological polar surface area (TPSA) is 123 Å². The van der Waals surface area contributed by atoms with Gasteiger partial charge in [-0.15, -0.1) is 9.81 Å². The first-order valence-electron chi connectivity index (χ1n) is 6.67. The molecule has 0 saturated carbocycles. The van der Waals surface area contributed by atoms with Crippen molar-refractivity contribution in [2.75, 3.05) is 0 Å². The molecule has 0 aromatic heterocycles. The maximum atomic E-state index is 10.1. The van der Waals surface area contributed by atoms with Crippen molar-refractivity contribution in [3.8, 4) is 0 Å². The van der Waals surface area contributed by atoms with E-state index in [2.05, 4.69) is 10.4 Å². The van der Waals surface area contributed by atoms with E-state index in [9.17, 15) is 9.81 Å². The second-order valence-electron chi connectivity index (χ2n) is 4.67. The minimum atomic E-state index is 0. The molecule has 2 aliphatic rings. The largest absolute Gasteiger partial charge is 0.291 e. The van der Waals surface area contributed by atoms with Crippen LogP contribution in [0, 0.1) is 9.81 Å². The smallest absolute Gasteiger partial charge is 0.106 e. The summed E-state index contributed by atoms with van der Waals surface area (Å²) >= 11 is 0. The van der Waals surface area contributed by atoms with Crippen LogP contribution in [0.5, 0.6) is 0 Å². The van der Waals surface area contributed by atoms with Gasteiger partial charge in [-0.2, -0.15) is 0 Å². The van der Waals surface area contributed by atoms with Gasteiger partial charge >= 0.3 is 0 Å². The molecule has 0 atom stereocenters. The summed E-state index contributed by atoms with van der Waals surface area (Å²) in [4.78, 5) is 20.1. The van der Waals surface area contributed by atoms with Crippen molar-refractivity contribution in [3.05, 3.63) is 32.6 Å². The molecular formula is C12H20N4O4Pd. The quantitative estimate of drug-likeness (QED) is 0.332. The van der Waals surface area contributed by atoms with E-state index in [4.69, 9.17) is 10.4 Å². The van der Waals surface area contributed by atoms with E-state index >= 15 is 0 Å². The molecule has 21 heavy (non-hydrogen) atoms. The van der Waals surface area contributed by atoms with E-state index in [-0.39, 0.29) is 20.4 Å². The fourth-order valence-electron chi connectivity index (χ4n) is 2.22. The van der Waals surface area contributed by atoms with E-state index in [1.54, 1.807) is 0 Å². The number of hydrogen-bond donors (Lipinski definition) is 4. The minimum Gasteiger partial charge on any atom is -0.291 e. The van der Waals surface area contributed by atoms with E-state index in [0.29, 0.717) is 35.6 Å². The van der Waals surface area contributed by atoms with Gasteiger partial charge in [0.1, 0.15) is 11.4 Å². The molecule has 0 bridgehead atoms.